The van der Waals surface area contributed by atoms with Gasteiger partial charge in [0.25, 0.3) is 5.91 Å². The third-order valence-electron chi connectivity index (χ3n) is 1.40. The summed E-state index contributed by atoms with van der Waals surface area (Å²) in [7, 11) is 0. The van der Waals surface area contributed by atoms with Crippen LogP contribution >= 0.6 is 0 Å². The van der Waals surface area contributed by atoms with Crippen LogP contribution in [0, 0.1) is 0 Å². The smallest absolute Gasteiger partial charge is 0.252 e. The second-order valence-corrected chi connectivity index (χ2v) is 2.62. The third kappa shape index (κ3) is 7.21. The summed E-state index contributed by atoms with van der Waals surface area (Å²) >= 11 is 0. The molecule has 0 aliphatic carbocycles. The first-order valence-electron chi connectivity index (χ1n) is 4.32. The lowest BCUT2D eigenvalue weighted by Gasteiger charge is -1.95. The van der Waals surface area contributed by atoms with E-state index in [2.05, 4.69) is 6.92 Å². The van der Waals surface area contributed by atoms with Gasteiger partial charge >= 0.3 is 0 Å². The fourth-order valence-corrected chi connectivity index (χ4v) is 0.731. The molecule has 0 rings (SSSR count). The number of hydrogen-bond acceptors (Lipinski definition) is 3. The van der Waals surface area contributed by atoms with Gasteiger partial charge in [-0.25, -0.2) is 0 Å². The molecule has 2 N–H and O–H groups in total. The van der Waals surface area contributed by atoms with Crippen molar-refractivity contribution in [3.63, 3.8) is 0 Å². The zero-order valence-corrected chi connectivity index (χ0v) is 7.75. The molecule has 0 saturated carbocycles. The molecule has 0 radical (unpaired) electrons. The molecule has 4 nitrogen and oxygen atoms in total. The van der Waals surface area contributed by atoms with E-state index in [4.69, 9.17) is 5.11 Å². The maximum Gasteiger partial charge on any atom is 0.252 e. The lowest BCUT2D eigenvalue weighted by atomic mass is 10.2. The van der Waals surface area contributed by atoms with Crippen molar-refractivity contribution >= 4 is 11.8 Å². The van der Waals surface area contributed by atoms with Crippen LogP contribution in [0.3, 0.4) is 0 Å². The van der Waals surface area contributed by atoms with Crippen molar-refractivity contribution in [2.24, 2.45) is 0 Å². The Morgan fingerprint density at radius 2 is 2.15 bits per heavy atom. The maximum atomic E-state index is 10.8. The second kappa shape index (κ2) is 7.49. The van der Waals surface area contributed by atoms with Gasteiger partial charge in [0.2, 0.25) is 5.91 Å². The molecule has 74 valence electrons. The van der Waals surface area contributed by atoms with Crippen molar-refractivity contribution in [1.29, 1.82) is 0 Å². The van der Waals surface area contributed by atoms with E-state index in [9.17, 15) is 9.59 Å². The zero-order valence-electron chi connectivity index (χ0n) is 7.75. The fourth-order valence-electron chi connectivity index (χ4n) is 0.731. The molecule has 4 heteroatoms. The molecule has 0 aliphatic heterocycles. The molecular formula is C9H15NO3. The number of rotatable bonds is 5. The number of aliphatic hydroxyl groups is 1. The minimum absolute atomic E-state index is 0.477. The summed E-state index contributed by atoms with van der Waals surface area (Å²) in [5.74, 6) is -1.15. The molecule has 0 unspecified atom stereocenters. The Labute approximate surface area is 77.6 Å². The van der Waals surface area contributed by atoms with Gasteiger partial charge in [-0.1, -0.05) is 25.8 Å². The molecule has 0 atom stereocenters. The van der Waals surface area contributed by atoms with Gasteiger partial charge in [0.05, 0.1) is 0 Å². The Bertz CT molecular complexity index is 199. The van der Waals surface area contributed by atoms with E-state index in [1.807, 2.05) is 5.32 Å². The molecule has 0 saturated heterocycles. The van der Waals surface area contributed by atoms with Gasteiger partial charge in [-0.15, -0.1) is 0 Å². The number of imide groups is 1. The summed E-state index contributed by atoms with van der Waals surface area (Å²) in [5.41, 5.74) is 0. The van der Waals surface area contributed by atoms with Crippen molar-refractivity contribution in [1.82, 2.24) is 5.32 Å². The Morgan fingerprint density at radius 1 is 1.46 bits per heavy atom. The van der Waals surface area contributed by atoms with Crippen molar-refractivity contribution < 1.29 is 14.7 Å². The minimum atomic E-state index is -0.676. The first-order chi connectivity index (χ1) is 6.20. The van der Waals surface area contributed by atoms with Gasteiger partial charge in [0.15, 0.2) is 0 Å². The van der Waals surface area contributed by atoms with Crippen LogP contribution in [0.4, 0.5) is 0 Å². The molecule has 2 amide bonds. The Balaban J connectivity index is 3.61. The number of amides is 2. The molecule has 0 aliphatic rings. The highest BCUT2D eigenvalue weighted by atomic mass is 16.3. The summed E-state index contributed by atoms with van der Waals surface area (Å²) in [5, 5.41) is 10.3. The maximum absolute atomic E-state index is 10.8. The lowest BCUT2D eigenvalue weighted by Crippen LogP contribution is -2.31. The van der Waals surface area contributed by atoms with E-state index >= 15 is 0 Å². The van der Waals surface area contributed by atoms with Gasteiger partial charge in [-0.3, -0.25) is 14.9 Å². The Kier molecular flexibility index (Phi) is 6.82. The average Bonchev–Trinajstić information content (AvgIpc) is 2.12. The Morgan fingerprint density at radius 3 is 2.69 bits per heavy atom. The van der Waals surface area contributed by atoms with Crippen molar-refractivity contribution in [3.8, 4) is 0 Å². The van der Waals surface area contributed by atoms with E-state index in [1.54, 1.807) is 6.08 Å². The lowest BCUT2D eigenvalue weighted by molar-refractivity contribution is -0.129. The van der Waals surface area contributed by atoms with E-state index in [-0.39, 0.29) is 0 Å². The van der Waals surface area contributed by atoms with E-state index in [0.29, 0.717) is 0 Å². The number of nitrogens with one attached hydrogen (secondary N) is 1. The Hall–Kier alpha value is -1.16. The number of allylic oxidation sites excluding steroid dienone is 1. The van der Waals surface area contributed by atoms with E-state index in [1.165, 1.54) is 6.08 Å². The van der Waals surface area contributed by atoms with Crippen LogP contribution in [0.25, 0.3) is 0 Å². The van der Waals surface area contributed by atoms with Crippen LogP contribution in [0.5, 0.6) is 0 Å². The van der Waals surface area contributed by atoms with Crippen LogP contribution in [0.1, 0.15) is 26.2 Å². The van der Waals surface area contributed by atoms with Crippen LogP contribution in [-0.4, -0.2) is 23.5 Å². The largest absolute Gasteiger partial charge is 0.387 e. The first-order valence-corrected chi connectivity index (χ1v) is 4.32. The normalized spacial score (nSPS) is 10.3. The predicted molar refractivity (Wildman–Crippen MR) is 48.9 cm³/mol. The van der Waals surface area contributed by atoms with Gasteiger partial charge < -0.3 is 5.11 Å². The van der Waals surface area contributed by atoms with E-state index in [0.717, 1.165) is 19.3 Å². The highest BCUT2D eigenvalue weighted by Gasteiger charge is 2.00. The number of unbranched alkanes of at least 4 members (excludes halogenated alkanes) is 2. The second-order valence-electron chi connectivity index (χ2n) is 2.62. The summed E-state index contributed by atoms with van der Waals surface area (Å²) in [6.45, 7) is 1.40. The standard InChI is InChI=1S/C9H15NO3/c1-2-3-4-5-6-8(12)10-9(13)7-11/h5-6,11H,2-4,7H2,1H3,(H,10,12,13). The highest BCUT2D eigenvalue weighted by Crippen LogP contribution is 1.94. The summed E-state index contributed by atoms with van der Waals surface area (Å²) in [4.78, 5) is 21.3. The molecule has 13 heavy (non-hydrogen) atoms. The SMILES string of the molecule is CCCCC=CC(=O)NC(=O)CO. The summed E-state index contributed by atoms with van der Waals surface area (Å²) in [6, 6.07) is 0. The highest BCUT2D eigenvalue weighted by molar-refractivity contribution is 6.01. The molecule has 0 aromatic rings. The molecule has 0 spiro atoms. The molecule has 0 bridgehead atoms. The predicted octanol–water partition coefficient (Wildman–Crippen LogP) is 0.368. The number of hydrogen-bond donors (Lipinski definition) is 2. The topological polar surface area (TPSA) is 66.4 Å². The van der Waals surface area contributed by atoms with Gasteiger partial charge in [0.1, 0.15) is 6.61 Å². The summed E-state index contributed by atoms with van der Waals surface area (Å²) in [6.07, 6.45) is 5.95. The van der Waals surface area contributed by atoms with E-state index < -0.39 is 18.4 Å². The van der Waals surface area contributed by atoms with Crippen LogP contribution in [-0.2, 0) is 9.59 Å². The first kappa shape index (κ1) is 11.8. The van der Waals surface area contributed by atoms with Crippen LogP contribution < -0.4 is 5.32 Å². The molecule has 0 aromatic heterocycles. The molecule has 0 heterocycles. The van der Waals surface area contributed by atoms with Crippen LogP contribution in [0.15, 0.2) is 12.2 Å². The quantitative estimate of drug-likeness (QED) is 0.480. The summed E-state index contributed by atoms with van der Waals surface area (Å²) < 4.78 is 0. The van der Waals surface area contributed by atoms with Gasteiger partial charge in [-0.05, 0) is 12.5 Å². The van der Waals surface area contributed by atoms with Crippen molar-refractivity contribution in [3.05, 3.63) is 12.2 Å². The van der Waals surface area contributed by atoms with Gasteiger partial charge in [-0.2, -0.15) is 0 Å². The number of carbonyl (C=O) groups is 2. The van der Waals surface area contributed by atoms with Crippen molar-refractivity contribution in [2.75, 3.05) is 6.61 Å². The number of carbonyl (C=O) groups excluding carboxylic acids is 2. The fraction of sp³-hybridized carbons (Fsp3) is 0.556. The van der Waals surface area contributed by atoms with Crippen LogP contribution in [0.2, 0.25) is 0 Å². The molecule has 0 fully saturated rings. The monoisotopic (exact) mass is 185 g/mol. The third-order valence-corrected chi connectivity index (χ3v) is 1.40. The number of aliphatic hydroxyl groups excluding tert-OH is 1. The minimum Gasteiger partial charge on any atom is -0.387 e. The van der Waals surface area contributed by atoms with Crippen molar-refractivity contribution in [2.45, 2.75) is 26.2 Å². The zero-order chi connectivity index (χ0) is 10.1. The molecule has 0 aromatic carbocycles. The average molecular weight is 185 g/mol. The van der Waals surface area contributed by atoms with Gasteiger partial charge in [0, 0.05) is 0 Å². The molecular weight excluding hydrogens is 170 g/mol.